The van der Waals surface area contributed by atoms with E-state index in [0.717, 1.165) is 31.4 Å². The number of anilines is 1. The zero-order valence-corrected chi connectivity index (χ0v) is 11.0. The van der Waals surface area contributed by atoms with E-state index in [1.165, 1.54) is 11.3 Å². The second-order valence-electron chi connectivity index (χ2n) is 5.01. The summed E-state index contributed by atoms with van der Waals surface area (Å²) >= 11 is 1.53. The third-order valence-electron chi connectivity index (χ3n) is 3.53. The standard InChI is InChI=1S/C13H17NO3S/c15-11(14-10-3-6-18-9-10)7-13(8-12(16)17)4-1-2-5-13/h3,6,9H,1-2,4-5,7-8H2,(H,14,15)(H,16,17). The molecule has 0 spiro atoms. The summed E-state index contributed by atoms with van der Waals surface area (Å²) < 4.78 is 0. The Hall–Kier alpha value is -1.36. The molecule has 1 aromatic heterocycles. The Labute approximate surface area is 110 Å². The summed E-state index contributed by atoms with van der Waals surface area (Å²) in [7, 11) is 0. The number of carbonyl (C=O) groups is 2. The highest BCUT2D eigenvalue weighted by Gasteiger charge is 2.37. The van der Waals surface area contributed by atoms with Gasteiger partial charge < -0.3 is 10.4 Å². The monoisotopic (exact) mass is 267 g/mol. The minimum atomic E-state index is -0.805. The molecule has 1 aliphatic carbocycles. The number of rotatable bonds is 5. The summed E-state index contributed by atoms with van der Waals surface area (Å²) in [5, 5.41) is 15.6. The number of hydrogen-bond acceptors (Lipinski definition) is 3. The fraction of sp³-hybridized carbons (Fsp3) is 0.538. The zero-order chi connectivity index (χ0) is 13.0. The first-order chi connectivity index (χ1) is 8.60. The third-order valence-corrected chi connectivity index (χ3v) is 4.21. The molecule has 1 heterocycles. The molecule has 1 saturated carbocycles. The van der Waals surface area contributed by atoms with Crippen LogP contribution in [-0.2, 0) is 9.59 Å². The lowest BCUT2D eigenvalue weighted by atomic mass is 9.79. The van der Waals surface area contributed by atoms with Crippen LogP contribution in [0.15, 0.2) is 16.8 Å². The summed E-state index contributed by atoms with van der Waals surface area (Å²) in [5.41, 5.74) is 0.472. The van der Waals surface area contributed by atoms with Crippen LogP contribution in [0.1, 0.15) is 38.5 Å². The van der Waals surface area contributed by atoms with Crippen LogP contribution in [0.3, 0.4) is 0 Å². The summed E-state index contributed by atoms with van der Waals surface area (Å²) in [6, 6.07) is 1.85. The van der Waals surface area contributed by atoms with Crippen molar-refractivity contribution in [3.8, 4) is 0 Å². The van der Waals surface area contributed by atoms with Crippen LogP contribution >= 0.6 is 11.3 Å². The lowest BCUT2D eigenvalue weighted by molar-refractivity contribution is -0.140. The number of carboxylic acid groups (broad SMARTS) is 1. The highest BCUT2D eigenvalue weighted by atomic mass is 32.1. The molecular weight excluding hydrogens is 250 g/mol. The second-order valence-corrected chi connectivity index (χ2v) is 5.79. The van der Waals surface area contributed by atoms with E-state index in [4.69, 9.17) is 5.11 Å². The van der Waals surface area contributed by atoms with E-state index in [-0.39, 0.29) is 17.7 Å². The van der Waals surface area contributed by atoms with Crippen LogP contribution in [0.25, 0.3) is 0 Å². The normalized spacial score (nSPS) is 17.6. The first-order valence-electron chi connectivity index (χ1n) is 6.14. The molecule has 1 amide bonds. The average Bonchev–Trinajstić information content (AvgIpc) is 2.89. The van der Waals surface area contributed by atoms with Gasteiger partial charge in [-0.25, -0.2) is 0 Å². The minimum Gasteiger partial charge on any atom is -0.481 e. The van der Waals surface area contributed by atoms with Gasteiger partial charge in [-0.1, -0.05) is 12.8 Å². The van der Waals surface area contributed by atoms with Gasteiger partial charge in [-0.3, -0.25) is 9.59 Å². The molecule has 0 aliphatic heterocycles. The van der Waals surface area contributed by atoms with Crippen molar-refractivity contribution in [2.75, 3.05) is 5.32 Å². The fourth-order valence-corrected chi connectivity index (χ4v) is 3.33. The summed E-state index contributed by atoms with van der Waals surface area (Å²) in [6.45, 7) is 0. The van der Waals surface area contributed by atoms with Gasteiger partial charge in [-0.05, 0) is 29.7 Å². The van der Waals surface area contributed by atoms with Crippen molar-refractivity contribution < 1.29 is 14.7 Å². The lowest BCUT2D eigenvalue weighted by Gasteiger charge is -2.26. The van der Waals surface area contributed by atoms with Crippen molar-refractivity contribution in [3.05, 3.63) is 16.8 Å². The van der Waals surface area contributed by atoms with Gasteiger partial charge in [0.25, 0.3) is 0 Å². The van der Waals surface area contributed by atoms with Crippen molar-refractivity contribution >= 4 is 28.9 Å². The molecular formula is C13H17NO3S. The molecule has 1 aliphatic rings. The molecule has 5 heteroatoms. The van der Waals surface area contributed by atoms with Gasteiger partial charge >= 0.3 is 5.97 Å². The first kappa shape index (κ1) is 13.1. The van der Waals surface area contributed by atoms with Crippen LogP contribution in [0.4, 0.5) is 5.69 Å². The first-order valence-corrected chi connectivity index (χ1v) is 7.08. The molecule has 0 radical (unpaired) electrons. The Kier molecular flexibility index (Phi) is 4.01. The molecule has 2 N–H and O–H groups in total. The van der Waals surface area contributed by atoms with Gasteiger partial charge in [0.1, 0.15) is 0 Å². The number of thiophene rings is 1. The van der Waals surface area contributed by atoms with Gasteiger partial charge in [-0.2, -0.15) is 11.3 Å². The van der Waals surface area contributed by atoms with Crippen molar-refractivity contribution in [3.63, 3.8) is 0 Å². The largest absolute Gasteiger partial charge is 0.481 e. The number of carboxylic acids is 1. The average molecular weight is 267 g/mol. The van der Waals surface area contributed by atoms with Crippen molar-refractivity contribution in [1.82, 2.24) is 0 Å². The van der Waals surface area contributed by atoms with Gasteiger partial charge in [-0.15, -0.1) is 0 Å². The molecule has 0 aromatic carbocycles. The summed E-state index contributed by atoms with van der Waals surface area (Å²) in [5.74, 6) is -0.878. The van der Waals surface area contributed by atoms with Gasteiger partial charge in [0.15, 0.2) is 0 Å². The van der Waals surface area contributed by atoms with E-state index in [2.05, 4.69) is 5.32 Å². The highest BCUT2D eigenvalue weighted by Crippen LogP contribution is 2.44. The maximum absolute atomic E-state index is 12.0. The Morgan fingerprint density at radius 3 is 2.61 bits per heavy atom. The minimum absolute atomic E-state index is 0.0726. The van der Waals surface area contributed by atoms with Crippen LogP contribution in [0.2, 0.25) is 0 Å². The summed E-state index contributed by atoms with van der Waals surface area (Å²) in [4.78, 5) is 22.9. The predicted molar refractivity (Wildman–Crippen MR) is 70.7 cm³/mol. The Morgan fingerprint density at radius 1 is 1.33 bits per heavy atom. The van der Waals surface area contributed by atoms with E-state index in [9.17, 15) is 9.59 Å². The van der Waals surface area contributed by atoms with Gasteiger partial charge in [0.2, 0.25) is 5.91 Å². The lowest BCUT2D eigenvalue weighted by Crippen LogP contribution is -2.27. The zero-order valence-electron chi connectivity index (χ0n) is 10.1. The van der Waals surface area contributed by atoms with E-state index in [0.29, 0.717) is 6.42 Å². The van der Waals surface area contributed by atoms with E-state index < -0.39 is 5.97 Å². The van der Waals surface area contributed by atoms with Crippen LogP contribution in [-0.4, -0.2) is 17.0 Å². The van der Waals surface area contributed by atoms with E-state index in [1.54, 1.807) is 0 Å². The molecule has 0 bridgehead atoms. The molecule has 4 nitrogen and oxygen atoms in total. The predicted octanol–water partition coefficient (Wildman–Crippen LogP) is 3.11. The molecule has 1 fully saturated rings. The van der Waals surface area contributed by atoms with Crippen LogP contribution < -0.4 is 5.32 Å². The topological polar surface area (TPSA) is 66.4 Å². The van der Waals surface area contributed by atoms with Crippen molar-refractivity contribution in [2.24, 2.45) is 5.41 Å². The van der Waals surface area contributed by atoms with E-state index >= 15 is 0 Å². The number of aliphatic carboxylic acids is 1. The summed E-state index contributed by atoms with van der Waals surface area (Å²) in [6.07, 6.45) is 4.16. The third kappa shape index (κ3) is 3.32. The molecule has 0 atom stereocenters. The van der Waals surface area contributed by atoms with Gasteiger partial charge in [0, 0.05) is 11.8 Å². The van der Waals surface area contributed by atoms with Gasteiger partial charge in [0.05, 0.1) is 12.1 Å². The second kappa shape index (κ2) is 5.52. The number of nitrogens with one attached hydrogen (secondary N) is 1. The Bertz CT molecular complexity index is 421. The maximum atomic E-state index is 12.0. The molecule has 0 unspecified atom stereocenters. The highest BCUT2D eigenvalue weighted by molar-refractivity contribution is 7.08. The maximum Gasteiger partial charge on any atom is 0.303 e. The Morgan fingerprint density at radius 2 is 2.06 bits per heavy atom. The quantitative estimate of drug-likeness (QED) is 0.861. The molecule has 0 saturated heterocycles. The molecule has 18 heavy (non-hydrogen) atoms. The molecule has 2 rings (SSSR count). The fourth-order valence-electron chi connectivity index (χ4n) is 2.74. The van der Waals surface area contributed by atoms with Crippen molar-refractivity contribution in [2.45, 2.75) is 38.5 Å². The number of amides is 1. The Balaban J connectivity index is 1.96. The molecule has 98 valence electrons. The van der Waals surface area contributed by atoms with E-state index in [1.807, 2.05) is 16.8 Å². The molecule has 1 aromatic rings. The van der Waals surface area contributed by atoms with Crippen LogP contribution in [0.5, 0.6) is 0 Å². The SMILES string of the molecule is O=C(O)CC1(CC(=O)Nc2ccsc2)CCCC1. The van der Waals surface area contributed by atoms with Crippen LogP contribution in [0, 0.1) is 5.41 Å². The number of hydrogen-bond donors (Lipinski definition) is 2. The smallest absolute Gasteiger partial charge is 0.303 e. The number of carbonyl (C=O) groups excluding carboxylic acids is 1. The van der Waals surface area contributed by atoms with Crippen molar-refractivity contribution in [1.29, 1.82) is 0 Å².